The molecule has 0 radical (unpaired) electrons. The van der Waals surface area contributed by atoms with Gasteiger partial charge in [-0.3, -0.25) is 14.4 Å². The van der Waals surface area contributed by atoms with Crippen molar-refractivity contribution in [1.82, 2.24) is 10.2 Å². The van der Waals surface area contributed by atoms with Crippen LogP contribution in [0.4, 0.5) is 5.69 Å². The SMILES string of the molecule is CN1C(=O)c2cc(NC(=O)C3CCCC3)ccc2OC[C@H]2O[C@H](CC(=O)NCC3CC3)CC[C@@H]21. The standard InChI is InChI=1S/C26H35N3O5/c1-29-21-10-9-19(13-24(30)27-14-16-6-7-16)34-23(21)15-33-22-11-8-18(12-20(22)26(29)32)28-25(31)17-4-2-3-5-17/h8,11-12,16-17,19,21,23H,2-7,9-10,13-15H2,1H3,(H,27,30)(H,28,31)/t19-,21-,23+/m0/s1. The van der Waals surface area contributed by atoms with E-state index in [2.05, 4.69) is 10.6 Å². The molecular formula is C26H35N3O5. The fraction of sp³-hybridized carbons (Fsp3) is 0.654. The van der Waals surface area contributed by atoms with Crippen LogP contribution in [-0.2, 0) is 14.3 Å². The maximum atomic E-state index is 13.4. The van der Waals surface area contributed by atoms with Crippen molar-refractivity contribution in [2.75, 3.05) is 25.5 Å². The van der Waals surface area contributed by atoms with Crippen LogP contribution in [0, 0.1) is 11.8 Å². The quantitative estimate of drug-likeness (QED) is 0.667. The van der Waals surface area contributed by atoms with Crippen molar-refractivity contribution in [1.29, 1.82) is 0 Å². The highest BCUT2D eigenvalue weighted by Gasteiger charge is 2.39. The van der Waals surface area contributed by atoms with Crippen molar-refractivity contribution < 1.29 is 23.9 Å². The molecular weight excluding hydrogens is 434 g/mol. The van der Waals surface area contributed by atoms with E-state index in [9.17, 15) is 14.4 Å². The first kappa shape index (κ1) is 23.1. The number of benzene rings is 1. The van der Waals surface area contributed by atoms with Gasteiger partial charge in [0.05, 0.1) is 24.1 Å². The van der Waals surface area contributed by atoms with Gasteiger partial charge < -0.3 is 25.0 Å². The Morgan fingerprint density at radius 1 is 1.09 bits per heavy atom. The summed E-state index contributed by atoms with van der Waals surface area (Å²) < 4.78 is 12.3. The molecule has 184 valence electrons. The minimum absolute atomic E-state index is 0.0259. The van der Waals surface area contributed by atoms with E-state index in [-0.39, 0.29) is 41.9 Å². The van der Waals surface area contributed by atoms with E-state index in [0.29, 0.717) is 35.9 Å². The molecule has 0 spiro atoms. The molecule has 3 atom stereocenters. The summed E-state index contributed by atoms with van der Waals surface area (Å²) in [6.07, 6.45) is 7.81. The van der Waals surface area contributed by atoms with E-state index in [1.165, 1.54) is 12.8 Å². The first-order valence-electron chi connectivity index (χ1n) is 12.7. The number of hydrogen-bond acceptors (Lipinski definition) is 5. The molecule has 0 bridgehead atoms. The lowest BCUT2D eigenvalue weighted by Crippen LogP contribution is -2.54. The molecule has 2 aliphatic heterocycles. The van der Waals surface area contributed by atoms with Crippen LogP contribution in [0.3, 0.4) is 0 Å². The highest BCUT2D eigenvalue weighted by atomic mass is 16.5. The normalized spacial score (nSPS) is 27.1. The lowest BCUT2D eigenvalue weighted by molar-refractivity contribution is -0.134. The number of amides is 3. The third kappa shape index (κ3) is 5.22. The summed E-state index contributed by atoms with van der Waals surface area (Å²) in [5.41, 5.74) is 1.07. The Labute approximate surface area is 200 Å². The minimum atomic E-state index is -0.293. The van der Waals surface area contributed by atoms with Crippen molar-refractivity contribution >= 4 is 23.4 Å². The van der Waals surface area contributed by atoms with E-state index < -0.39 is 0 Å². The number of anilines is 1. The Balaban J connectivity index is 1.23. The highest BCUT2D eigenvalue weighted by Crippen LogP contribution is 2.33. The molecule has 5 rings (SSSR count). The zero-order chi connectivity index (χ0) is 23.7. The number of nitrogens with one attached hydrogen (secondary N) is 2. The van der Waals surface area contributed by atoms with Gasteiger partial charge in [-0.15, -0.1) is 0 Å². The van der Waals surface area contributed by atoms with Crippen LogP contribution in [0.15, 0.2) is 18.2 Å². The van der Waals surface area contributed by atoms with Gasteiger partial charge in [-0.2, -0.15) is 0 Å². The Bertz CT molecular complexity index is 940. The topological polar surface area (TPSA) is 97.0 Å². The maximum absolute atomic E-state index is 13.4. The van der Waals surface area contributed by atoms with Gasteiger partial charge in [0.15, 0.2) is 0 Å². The van der Waals surface area contributed by atoms with Crippen LogP contribution in [0.2, 0.25) is 0 Å². The second kappa shape index (κ2) is 9.94. The predicted molar refractivity (Wildman–Crippen MR) is 127 cm³/mol. The first-order valence-corrected chi connectivity index (χ1v) is 12.7. The number of hydrogen-bond donors (Lipinski definition) is 2. The average molecular weight is 470 g/mol. The third-order valence-corrected chi connectivity index (χ3v) is 7.70. The second-order valence-electron chi connectivity index (χ2n) is 10.3. The first-order chi connectivity index (χ1) is 16.5. The summed E-state index contributed by atoms with van der Waals surface area (Å²) in [7, 11) is 1.80. The van der Waals surface area contributed by atoms with Crippen molar-refractivity contribution in [3.8, 4) is 5.75 Å². The minimum Gasteiger partial charge on any atom is -0.490 e. The molecule has 8 nitrogen and oxygen atoms in total. The van der Waals surface area contributed by atoms with Gasteiger partial charge in [0.2, 0.25) is 11.8 Å². The Kier molecular flexibility index (Phi) is 6.77. The molecule has 34 heavy (non-hydrogen) atoms. The van der Waals surface area contributed by atoms with E-state index in [1.807, 2.05) is 0 Å². The summed E-state index contributed by atoms with van der Waals surface area (Å²) in [5.74, 6) is 1.10. The van der Waals surface area contributed by atoms with E-state index >= 15 is 0 Å². The number of carbonyl (C=O) groups is 3. The van der Waals surface area contributed by atoms with Crippen LogP contribution < -0.4 is 15.4 Å². The van der Waals surface area contributed by atoms with Crippen LogP contribution in [-0.4, -0.2) is 61.1 Å². The molecule has 0 unspecified atom stereocenters. The van der Waals surface area contributed by atoms with Crippen LogP contribution in [0.5, 0.6) is 5.75 Å². The van der Waals surface area contributed by atoms with Gasteiger partial charge in [0.25, 0.3) is 5.91 Å². The molecule has 4 aliphatic rings. The van der Waals surface area contributed by atoms with Crippen molar-refractivity contribution in [2.24, 2.45) is 11.8 Å². The number of carbonyl (C=O) groups excluding carboxylic acids is 3. The summed E-state index contributed by atoms with van der Waals surface area (Å²) in [5, 5.41) is 5.99. The van der Waals surface area contributed by atoms with E-state index in [4.69, 9.17) is 9.47 Å². The van der Waals surface area contributed by atoms with Gasteiger partial charge in [0.1, 0.15) is 18.5 Å². The number of fused-ring (bicyclic) bond motifs is 2. The number of ether oxygens (including phenoxy) is 2. The summed E-state index contributed by atoms with van der Waals surface area (Å²) in [4.78, 5) is 39.9. The molecule has 1 aromatic rings. The summed E-state index contributed by atoms with van der Waals surface area (Å²) >= 11 is 0. The lowest BCUT2D eigenvalue weighted by atomic mass is 9.94. The van der Waals surface area contributed by atoms with Gasteiger partial charge in [0, 0.05) is 25.2 Å². The highest BCUT2D eigenvalue weighted by molar-refractivity contribution is 6.00. The summed E-state index contributed by atoms with van der Waals surface area (Å²) in [6.45, 7) is 1.07. The van der Waals surface area contributed by atoms with Crippen LogP contribution in [0.1, 0.15) is 68.1 Å². The molecule has 2 N–H and O–H groups in total. The zero-order valence-corrected chi connectivity index (χ0v) is 19.9. The molecule has 8 heteroatoms. The lowest BCUT2D eigenvalue weighted by Gasteiger charge is -2.42. The predicted octanol–water partition coefficient (Wildman–Crippen LogP) is 3.11. The number of likely N-dealkylation sites (N-methyl/N-ethyl adjacent to an activating group) is 1. The monoisotopic (exact) mass is 469 g/mol. The molecule has 1 saturated heterocycles. The Morgan fingerprint density at radius 2 is 1.88 bits per heavy atom. The van der Waals surface area contributed by atoms with E-state index in [1.54, 1.807) is 30.1 Å². The second-order valence-corrected chi connectivity index (χ2v) is 10.3. The number of rotatable bonds is 6. The van der Waals surface area contributed by atoms with Crippen LogP contribution >= 0.6 is 0 Å². The van der Waals surface area contributed by atoms with Crippen molar-refractivity contribution in [3.05, 3.63) is 23.8 Å². The smallest absolute Gasteiger partial charge is 0.257 e. The summed E-state index contributed by atoms with van der Waals surface area (Å²) in [6, 6.07) is 5.13. The van der Waals surface area contributed by atoms with E-state index in [0.717, 1.165) is 45.1 Å². The Morgan fingerprint density at radius 3 is 2.65 bits per heavy atom. The molecule has 2 saturated carbocycles. The van der Waals surface area contributed by atoms with Gasteiger partial charge >= 0.3 is 0 Å². The third-order valence-electron chi connectivity index (χ3n) is 7.70. The number of nitrogens with zero attached hydrogens (tertiary/aromatic N) is 1. The van der Waals surface area contributed by atoms with Crippen molar-refractivity contribution in [3.63, 3.8) is 0 Å². The fourth-order valence-electron chi connectivity index (χ4n) is 5.40. The molecule has 3 fully saturated rings. The molecule has 2 aliphatic carbocycles. The van der Waals surface area contributed by atoms with Gasteiger partial charge in [-0.25, -0.2) is 0 Å². The fourth-order valence-corrected chi connectivity index (χ4v) is 5.40. The maximum Gasteiger partial charge on any atom is 0.257 e. The van der Waals surface area contributed by atoms with Gasteiger partial charge in [-0.05, 0) is 62.6 Å². The largest absolute Gasteiger partial charge is 0.490 e. The molecule has 3 amide bonds. The van der Waals surface area contributed by atoms with Crippen LogP contribution in [0.25, 0.3) is 0 Å². The average Bonchev–Trinajstić information content (AvgIpc) is 3.50. The Hall–Kier alpha value is -2.61. The molecule has 0 aromatic heterocycles. The van der Waals surface area contributed by atoms with Gasteiger partial charge in [-0.1, -0.05) is 12.8 Å². The zero-order valence-electron chi connectivity index (χ0n) is 19.9. The molecule has 1 aromatic carbocycles. The van der Waals surface area contributed by atoms with Crippen molar-refractivity contribution in [2.45, 2.75) is 76.0 Å². The molecule has 2 heterocycles.